The van der Waals surface area contributed by atoms with Crippen LogP contribution in [0.3, 0.4) is 0 Å². The molecular formula is C28H31NO4. The Morgan fingerprint density at radius 3 is 1.88 bits per heavy atom. The van der Waals surface area contributed by atoms with Gasteiger partial charge in [-0.15, -0.1) is 0 Å². The number of rotatable bonds is 10. The Kier molecular flexibility index (Phi) is 7.18. The molecule has 5 heteroatoms. The third-order valence-electron chi connectivity index (χ3n) is 5.88. The number of amides is 1. The normalized spacial score (nSPS) is 12.4. The number of hydrogen-bond donors (Lipinski definition) is 1. The molecule has 3 aromatic rings. The zero-order valence-corrected chi connectivity index (χ0v) is 19.3. The van der Waals surface area contributed by atoms with Crippen LogP contribution >= 0.6 is 0 Å². The van der Waals surface area contributed by atoms with E-state index in [1.165, 1.54) is 0 Å². The van der Waals surface area contributed by atoms with Gasteiger partial charge >= 0.3 is 0 Å². The number of nitrogens with two attached hydrogens (primary N) is 1. The quantitative estimate of drug-likeness (QED) is 0.286. The molecule has 0 bridgehead atoms. The van der Waals surface area contributed by atoms with Gasteiger partial charge < -0.3 is 19.9 Å². The minimum atomic E-state index is -0.445. The second-order valence-electron chi connectivity index (χ2n) is 8.29. The molecule has 0 spiro atoms. The molecule has 1 heterocycles. The summed E-state index contributed by atoms with van der Waals surface area (Å²) in [6, 6.07) is 19.3. The third kappa shape index (κ3) is 4.98. The molecule has 0 aromatic heterocycles. The average Bonchev–Trinajstić information content (AvgIpc) is 2.82. The van der Waals surface area contributed by atoms with Gasteiger partial charge in [0.05, 0.1) is 13.2 Å². The lowest BCUT2D eigenvalue weighted by Gasteiger charge is -2.30. The monoisotopic (exact) mass is 445 g/mol. The standard InChI is InChI=1S/C28H31NO4/c1-3-5-15-31-19-11-13-23-25(17-19)33-26-18-20(32-16-6-4-2)12-14-24(26)27(23)21-9-7-8-10-22(21)28(29)30/h7-14,17-18,27H,3-6,15-16H2,1-2H3,(H2,29,30). The zero-order valence-electron chi connectivity index (χ0n) is 19.3. The molecule has 33 heavy (non-hydrogen) atoms. The van der Waals surface area contributed by atoms with Crippen LogP contribution in [0.4, 0.5) is 0 Å². The summed E-state index contributed by atoms with van der Waals surface area (Å²) in [5.74, 6) is 2.32. The summed E-state index contributed by atoms with van der Waals surface area (Å²) in [6.07, 6.45) is 4.13. The van der Waals surface area contributed by atoms with E-state index in [4.69, 9.17) is 19.9 Å². The first kappa shape index (κ1) is 22.7. The highest BCUT2D eigenvalue weighted by atomic mass is 16.5. The van der Waals surface area contributed by atoms with Gasteiger partial charge in [0.1, 0.15) is 23.0 Å². The van der Waals surface area contributed by atoms with E-state index in [-0.39, 0.29) is 5.92 Å². The van der Waals surface area contributed by atoms with Crippen molar-refractivity contribution >= 4 is 5.91 Å². The smallest absolute Gasteiger partial charge is 0.249 e. The third-order valence-corrected chi connectivity index (χ3v) is 5.88. The molecule has 0 aliphatic carbocycles. The first-order valence-electron chi connectivity index (χ1n) is 11.7. The van der Waals surface area contributed by atoms with Crippen LogP contribution in [0.2, 0.25) is 0 Å². The molecule has 0 saturated carbocycles. The Morgan fingerprint density at radius 2 is 1.36 bits per heavy atom. The van der Waals surface area contributed by atoms with Crippen molar-refractivity contribution in [3.8, 4) is 23.0 Å². The number of carbonyl (C=O) groups excluding carboxylic acids is 1. The summed E-state index contributed by atoms with van der Waals surface area (Å²) >= 11 is 0. The molecule has 1 amide bonds. The molecular weight excluding hydrogens is 414 g/mol. The topological polar surface area (TPSA) is 70.8 Å². The highest BCUT2D eigenvalue weighted by molar-refractivity contribution is 5.95. The fourth-order valence-corrected chi connectivity index (χ4v) is 4.13. The van der Waals surface area contributed by atoms with Crippen molar-refractivity contribution in [3.63, 3.8) is 0 Å². The zero-order chi connectivity index (χ0) is 23.2. The van der Waals surface area contributed by atoms with Crippen LogP contribution in [-0.2, 0) is 0 Å². The van der Waals surface area contributed by atoms with Gasteiger partial charge in [-0.1, -0.05) is 57.0 Å². The van der Waals surface area contributed by atoms with Crippen molar-refractivity contribution in [2.75, 3.05) is 13.2 Å². The average molecular weight is 446 g/mol. The van der Waals surface area contributed by atoms with Crippen molar-refractivity contribution < 1.29 is 19.0 Å². The highest BCUT2D eigenvalue weighted by Crippen LogP contribution is 2.49. The predicted octanol–water partition coefficient (Wildman–Crippen LogP) is 6.43. The van der Waals surface area contributed by atoms with E-state index in [2.05, 4.69) is 13.8 Å². The van der Waals surface area contributed by atoms with Gasteiger partial charge in [-0.2, -0.15) is 0 Å². The number of benzene rings is 3. The Labute approximate surface area is 195 Å². The van der Waals surface area contributed by atoms with Crippen molar-refractivity contribution in [2.24, 2.45) is 5.73 Å². The maximum Gasteiger partial charge on any atom is 0.249 e. The van der Waals surface area contributed by atoms with Crippen LogP contribution in [0.25, 0.3) is 0 Å². The van der Waals surface area contributed by atoms with Crippen LogP contribution in [0.15, 0.2) is 60.7 Å². The number of fused-ring (bicyclic) bond motifs is 2. The Bertz CT molecular complexity index is 1070. The molecule has 2 N–H and O–H groups in total. The molecule has 0 atom stereocenters. The molecule has 3 aromatic carbocycles. The lowest BCUT2D eigenvalue weighted by atomic mass is 9.80. The maximum atomic E-state index is 12.2. The van der Waals surface area contributed by atoms with Crippen LogP contribution in [0.1, 0.15) is 72.5 Å². The van der Waals surface area contributed by atoms with Gasteiger partial charge in [0, 0.05) is 34.7 Å². The minimum absolute atomic E-state index is 0.193. The van der Waals surface area contributed by atoms with Crippen LogP contribution in [0.5, 0.6) is 23.0 Å². The molecule has 0 unspecified atom stereocenters. The van der Waals surface area contributed by atoms with Gasteiger partial charge in [-0.3, -0.25) is 4.79 Å². The Hall–Kier alpha value is -3.47. The van der Waals surface area contributed by atoms with Crippen molar-refractivity contribution in [1.82, 2.24) is 0 Å². The largest absolute Gasteiger partial charge is 0.493 e. The Morgan fingerprint density at radius 1 is 0.818 bits per heavy atom. The number of primary amides is 1. The number of carbonyl (C=O) groups is 1. The first-order chi connectivity index (χ1) is 16.1. The fourth-order valence-electron chi connectivity index (χ4n) is 4.13. The lowest BCUT2D eigenvalue weighted by Crippen LogP contribution is -2.19. The van der Waals surface area contributed by atoms with E-state index >= 15 is 0 Å². The molecule has 172 valence electrons. The Balaban J connectivity index is 1.78. The van der Waals surface area contributed by atoms with E-state index in [0.29, 0.717) is 30.3 Å². The maximum absolute atomic E-state index is 12.2. The summed E-state index contributed by atoms with van der Waals surface area (Å²) in [5.41, 5.74) is 9.04. The van der Waals surface area contributed by atoms with E-state index < -0.39 is 5.91 Å². The molecule has 0 saturated heterocycles. The second kappa shape index (κ2) is 10.4. The van der Waals surface area contributed by atoms with Crippen LogP contribution in [-0.4, -0.2) is 19.1 Å². The summed E-state index contributed by atoms with van der Waals surface area (Å²) in [5, 5.41) is 0. The minimum Gasteiger partial charge on any atom is -0.493 e. The van der Waals surface area contributed by atoms with Crippen molar-refractivity contribution in [1.29, 1.82) is 0 Å². The second-order valence-corrected chi connectivity index (χ2v) is 8.29. The summed E-state index contributed by atoms with van der Waals surface area (Å²) < 4.78 is 18.2. The van der Waals surface area contributed by atoms with E-state index in [0.717, 1.165) is 53.9 Å². The molecule has 5 nitrogen and oxygen atoms in total. The van der Waals surface area contributed by atoms with Gasteiger partial charge in [0.2, 0.25) is 5.91 Å². The first-order valence-corrected chi connectivity index (χ1v) is 11.7. The van der Waals surface area contributed by atoms with Crippen molar-refractivity contribution in [2.45, 2.75) is 45.4 Å². The molecule has 1 aliphatic rings. The molecule has 1 aliphatic heterocycles. The molecule has 0 fully saturated rings. The van der Waals surface area contributed by atoms with E-state index in [1.807, 2.05) is 54.6 Å². The SMILES string of the molecule is CCCCOc1ccc2c(c1)Oc1cc(OCCCC)ccc1C2c1ccccc1C(N)=O. The van der Waals surface area contributed by atoms with Crippen molar-refractivity contribution in [3.05, 3.63) is 82.9 Å². The molecule has 0 radical (unpaired) electrons. The number of ether oxygens (including phenoxy) is 3. The fraction of sp³-hybridized carbons (Fsp3) is 0.321. The van der Waals surface area contributed by atoms with Gasteiger partial charge in [-0.05, 0) is 36.6 Å². The van der Waals surface area contributed by atoms with E-state index in [1.54, 1.807) is 6.07 Å². The highest BCUT2D eigenvalue weighted by Gasteiger charge is 2.31. The van der Waals surface area contributed by atoms with Gasteiger partial charge in [0.15, 0.2) is 0 Å². The van der Waals surface area contributed by atoms with Gasteiger partial charge in [-0.25, -0.2) is 0 Å². The van der Waals surface area contributed by atoms with Gasteiger partial charge in [0.25, 0.3) is 0 Å². The summed E-state index contributed by atoms with van der Waals surface area (Å²) in [7, 11) is 0. The number of unbranched alkanes of at least 4 members (excludes halogenated alkanes) is 2. The van der Waals surface area contributed by atoms with Crippen LogP contribution in [0, 0.1) is 0 Å². The van der Waals surface area contributed by atoms with E-state index in [9.17, 15) is 4.79 Å². The lowest BCUT2D eigenvalue weighted by molar-refractivity contribution is 0.0999. The number of hydrogen-bond acceptors (Lipinski definition) is 4. The summed E-state index contributed by atoms with van der Waals surface area (Å²) in [6.45, 7) is 5.60. The predicted molar refractivity (Wildman–Crippen MR) is 130 cm³/mol. The summed E-state index contributed by atoms with van der Waals surface area (Å²) in [4.78, 5) is 12.2. The molecule has 4 rings (SSSR count). The van der Waals surface area contributed by atoms with Crippen LogP contribution < -0.4 is 19.9 Å².